The molecule has 0 spiro atoms. The molecule has 0 unspecified atom stereocenters. The van der Waals surface area contributed by atoms with Crippen LogP contribution in [0.25, 0.3) is 0 Å². The van der Waals surface area contributed by atoms with Gasteiger partial charge in [0.2, 0.25) is 15.9 Å². The molecule has 0 N–H and O–H groups in total. The van der Waals surface area contributed by atoms with Crippen molar-refractivity contribution in [3.8, 4) is 0 Å². The van der Waals surface area contributed by atoms with Gasteiger partial charge in [0.15, 0.2) is 0 Å². The molecule has 0 aromatic carbocycles. The Kier molecular flexibility index (Phi) is 3.72. The second kappa shape index (κ2) is 5.48. The summed E-state index contributed by atoms with van der Waals surface area (Å²) in [5.41, 5.74) is 0. The summed E-state index contributed by atoms with van der Waals surface area (Å²) in [5.74, 6) is 1.21. The summed E-state index contributed by atoms with van der Waals surface area (Å²) in [6.45, 7) is 2.25. The van der Waals surface area contributed by atoms with Crippen LogP contribution in [0.1, 0.15) is 51.4 Å². The summed E-state index contributed by atoms with van der Waals surface area (Å²) < 4.78 is 26.8. The number of hydrogen-bond acceptors (Lipinski definition) is 3. The zero-order valence-electron chi connectivity index (χ0n) is 13.1. The molecular formula is C16H26N2O3S. The number of rotatable bonds is 4. The van der Waals surface area contributed by atoms with E-state index >= 15 is 0 Å². The Morgan fingerprint density at radius 3 is 2.45 bits per heavy atom. The molecular weight excluding hydrogens is 300 g/mol. The maximum Gasteiger partial charge on any atom is 0.241 e. The molecule has 1 amide bonds. The second-order valence-electron chi connectivity index (χ2n) is 7.65. The minimum atomic E-state index is -3.24. The van der Waals surface area contributed by atoms with Gasteiger partial charge in [-0.25, -0.2) is 8.42 Å². The number of hydrogen-bond donors (Lipinski definition) is 0. The van der Waals surface area contributed by atoms with E-state index in [0.717, 1.165) is 38.8 Å². The van der Waals surface area contributed by atoms with E-state index in [4.69, 9.17) is 0 Å². The molecule has 0 radical (unpaired) electrons. The Morgan fingerprint density at radius 1 is 1.05 bits per heavy atom. The third kappa shape index (κ3) is 2.58. The molecule has 2 aliphatic heterocycles. The summed E-state index contributed by atoms with van der Waals surface area (Å²) in [4.78, 5) is 14.8. The van der Waals surface area contributed by atoms with E-state index < -0.39 is 16.1 Å². The van der Waals surface area contributed by atoms with E-state index in [-0.39, 0.29) is 11.2 Å². The Morgan fingerprint density at radius 2 is 1.77 bits per heavy atom. The van der Waals surface area contributed by atoms with Gasteiger partial charge in [0.1, 0.15) is 6.04 Å². The highest BCUT2D eigenvalue weighted by Gasteiger charge is 2.50. The zero-order chi connectivity index (χ0) is 15.3. The van der Waals surface area contributed by atoms with Crippen LogP contribution < -0.4 is 0 Å². The predicted molar refractivity (Wildman–Crippen MR) is 83.7 cm³/mol. The quantitative estimate of drug-likeness (QED) is 0.788. The van der Waals surface area contributed by atoms with Gasteiger partial charge in [-0.05, 0) is 50.4 Å². The number of carbonyl (C=O) groups is 1. The molecule has 22 heavy (non-hydrogen) atoms. The van der Waals surface area contributed by atoms with E-state index in [0.29, 0.717) is 18.4 Å². The fraction of sp³-hybridized carbons (Fsp3) is 0.938. The molecule has 6 heteroatoms. The van der Waals surface area contributed by atoms with Crippen LogP contribution >= 0.6 is 0 Å². The van der Waals surface area contributed by atoms with E-state index in [2.05, 4.69) is 0 Å². The molecule has 0 aromatic heterocycles. The van der Waals surface area contributed by atoms with Crippen molar-refractivity contribution >= 4 is 15.9 Å². The predicted octanol–water partition coefficient (Wildman–Crippen LogP) is 1.59. The topological polar surface area (TPSA) is 57.7 Å². The molecule has 4 aliphatic rings. The highest BCUT2D eigenvalue weighted by atomic mass is 32.2. The van der Waals surface area contributed by atoms with Crippen molar-refractivity contribution in [1.82, 2.24) is 9.21 Å². The maximum atomic E-state index is 12.8. The van der Waals surface area contributed by atoms with Crippen LogP contribution in [-0.4, -0.2) is 54.5 Å². The van der Waals surface area contributed by atoms with E-state index in [1.54, 1.807) is 4.31 Å². The highest BCUT2D eigenvalue weighted by molar-refractivity contribution is 7.90. The smallest absolute Gasteiger partial charge is 0.241 e. The normalized spacial score (nSPS) is 34.4. The highest BCUT2D eigenvalue weighted by Crippen LogP contribution is 2.38. The Bertz CT molecular complexity index is 552. The number of piperidine rings is 2. The number of sulfonamides is 1. The first kappa shape index (κ1) is 14.9. The lowest BCUT2D eigenvalue weighted by atomic mass is 9.87. The van der Waals surface area contributed by atoms with Crippen LogP contribution in [0.15, 0.2) is 0 Å². The van der Waals surface area contributed by atoms with Crippen LogP contribution in [0.4, 0.5) is 0 Å². The molecule has 4 rings (SSSR count). The number of nitrogens with zero attached hydrogens (tertiary/aromatic N) is 2. The van der Waals surface area contributed by atoms with E-state index in [1.807, 2.05) is 4.90 Å². The monoisotopic (exact) mass is 326 g/mol. The third-order valence-corrected chi connectivity index (χ3v) is 8.37. The molecule has 2 heterocycles. The first-order valence-electron chi connectivity index (χ1n) is 8.85. The standard InChI is InChI=1S/C16H26N2O3S/c19-16-15-9-13(11-17(16)10-12-3-1-2-4-12)7-8-18(15)22(20,21)14-5-6-14/h12-15H,1-11H2/t13-,15+/m0/s1. The van der Waals surface area contributed by atoms with Crippen molar-refractivity contribution in [2.45, 2.75) is 62.7 Å². The Labute approximate surface area is 133 Å². The maximum absolute atomic E-state index is 12.8. The number of fused-ring (bicyclic) bond motifs is 2. The molecule has 2 saturated heterocycles. The average Bonchev–Trinajstić information content (AvgIpc) is 3.24. The zero-order valence-corrected chi connectivity index (χ0v) is 13.9. The lowest BCUT2D eigenvalue weighted by molar-refractivity contribution is -0.143. The molecule has 2 saturated carbocycles. The van der Waals surface area contributed by atoms with Crippen molar-refractivity contribution < 1.29 is 13.2 Å². The largest absolute Gasteiger partial charge is 0.341 e. The van der Waals surface area contributed by atoms with E-state index in [1.165, 1.54) is 25.7 Å². The van der Waals surface area contributed by atoms with Gasteiger partial charge in [-0.1, -0.05) is 12.8 Å². The second-order valence-corrected chi connectivity index (χ2v) is 9.82. The van der Waals surface area contributed by atoms with Gasteiger partial charge in [0.05, 0.1) is 5.25 Å². The molecule has 2 atom stereocenters. The molecule has 5 nitrogen and oxygen atoms in total. The van der Waals surface area contributed by atoms with Crippen molar-refractivity contribution in [1.29, 1.82) is 0 Å². The van der Waals surface area contributed by atoms with Crippen LogP contribution in [-0.2, 0) is 14.8 Å². The van der Waals surface area contributed by atoms with Gasteiger partial charge in [-0.15, -0.1) is 0 Å². The average molecular weight is 326 g/mol. The molecule has 4 fully saturated rings. The summed E-state index contributed by atoms with van der Waals surface area (Å²) >= 11 is 0. The van der Waals surface area contributed by atoms with Crippen molar-refractivity contribution in [3.63, 3.8) is 0 Å². The van der Waals surface area contributed by atoms with Crippen molar-refractivity contribution in [2.24, 2.45) is 11.8 Å². The lowest BCUT2D eigenvalue weighted by Crippen LogP contribution is -2.61. The first-order valence-corrected chi connectivity index (χ1v) is 10.4. The Hall–Kier alpha value is -0.620. The first-order chi connectivity index (χ1) is 10.6. The summed E-state index contributed by atoms with van der Waals surface area (Å²) in [6.07, 6.45) is 8.21. The van der Waals surface area contributed by atoms with Crippen LogP contribution in [0, 0.1) is 11.8 Å². The Balaban J connectivity index is 1.51. The molecule has 124 valence electrons. The summed E-state index contributed by atoms with van der Waals surface area (Å²) in [5, 5.41) is -0.206. The number of likely N-dealkylation sites (tertiary alicyclic amines) is 1. The number of carbonyl (C=O) groups excluding carboxylic acids is 1. The van der Waals surface area contributed by atoms with Crippen LogP contribution in [0.2, 0.25) is 0 Å². The molecule has 2 aliphatic carbocycles. The lowest BCUT2D eigenvalue weighted by Gasteiger charge is -2.46. The van der Waals surface area contributed by atoms with Gasteiger partial charge in [0.25, 0.3) is 0 Å². The van der Waals surface area contributed by atoms with E-state index in [9.17, 15) is 13.2 Å². The summed E-state index contributed by atoms with van der Waals surface area (Å²) in [7, 11) is -3.24. The van der Waals surface area contributed by atoms with Crippen LogP contribution in [0.5, 0.6) is 0 Å². The van der Waals surface area contributed by atoms with Gasteiger partial charge < -0.3 is 4.90 Å². The minimum absolute atomic E-state index is 0.0760. The fourth-order valence-corrected chi connectivity index (χ4v) is 6.56. The van der Waals surface area contributed by atoms with Crippen LogP contribution in [0.3, 0.4) is 0 Å². The van der Waals surface area contributed by atoms with Gasteiger partial charge >= 0.3 is 0 Å². The summed E-state index contributed by atoms with van der Waals surface area (Å²) in [6, 6.07) is -0.403. The number of amides is 1. The van der Waals surface area contributed by atoms with Gasteiger partial charge in [-0.2, -0.15) is 4.31 Å². The SMILES string of the molecule is O=C1[C@H]2C[C@H](CCN2S(=O)(=O)C2CC2)CN1CC1CCCC1. The fourth-order valence-electron chi connectivity index (χ4n) is 4.55. The molecule has 0 aromatic rings. The van der Waals surface area contributed by atoms with Crippen molar-refractivity contribution in [2.75, 3.05) is 19.6 Å². The van der Waals surface area contributed by atoms with Gasteiger partial charge in [0, 0.05) is 19.6 Å². The minimum Gasteiger partial charge on any atom is -0.341 e. The molecule has 2 bridgehead atoms. The van der Waals surface area contributed by atoms with Crippen molar-refractivity contribution in [3.05, 3.63) is 0 Å². The van der Waals surface area contributed by atoms with Gasteiger partial charge in [-0.3, -0.25) is 4.79 Å². The third-order valence-electron chi connectivity index (χ3n) is 5.96.